The lowest BCUT2D eigenvalue weighted by Gasteiger charge is -2.13. The first-order chi connectivity index (χ1) is 13.2. The summed E-state index contributed by atoms with van der Waals surface area (Å²) in [5.41, 5.74) is 1.74. The van der Waals surface area contributed by atoms with Crippen LogP contribution in [0.1, 0.15) is 37.3 Å². The summed E-state index contributed by atoms with van der Waals surface area (Å²) < 4.78 is 6.03. The zero-order valence-electron chi connectivity index (χ0n) is 15.5. The number of fused-ring (bicyclic) bond motifs is 1. The molecule has 0 saturated heterocycles. The zero-order chi connectivity index (χ0) is 19.1. The van der Waals surface area contributed by atoms with Gasteiger partial charge in [-0.05, 0) is 34.9 Å². The van der Waals surface area contributed by atoms with Crippen molar-refractivity contribution in [1.29, 1.82) is 0 Å². The molecular formula is C24H24O3. The third-order valence-corrected chi connectivity index (χ3v) is 4.54. The molecule has 3 nitrogen and oxygen atoms in total. The molecule has 3 aromatic carbocycles. The van der Waals surface area contributed by atoms with Crippen molar-refractivity contribution in [3.05, 3.63) is 77.9 Å². The topological polar surface area (TPSA) is 46.5 Å². The monoisotopic (exact) mass is 360 g/mol. The molecule has 0 spiro atoms. The first-order valence-corrected chi connectivity index (χ1v) is 9.35. The van der Waals surface area contributed by atoms with Gasteiger partial charge in [0.15, 0.2) is 0 Å². The standard InChI is InChI=1S/C24H24O3/c1-2-3-9-16-27-23-15-14-19-12-7-8-13-20(19)22(23)17-21(24(25)26)18-10-5-4-6-11-18/h4-8,10-15,17H,2-3,9,16H2,1H3,(H,25,26)/b21-17+. The Bertz CT molecular complexity index is 942. The molecule has 3 heteroatoms. The van der Waals surface area contributed by atoms with Crippen LogP contribution in [-0.2, 0) is 4.79 Å². The van der Waals surface area contributed by atoms with Crippen LogP contribution in [0.3, 0.4) is 0 Å². The summed E-state index contributed by atoms with van der Waals surface area (Å²) in [7, 11) is 0. The quantitative estimate of drug-likeness (QED) is 0.303. The molecule has 0 bridgehead atoms. The number of unbranched alkanes of at least 4 members (excludes halogenated alkanes) is 2. The Kier molecular flexibility index (Phi) is 6.26. The van der Waals surface area contributed by atoms with E-state index in [-0.39, 0.29) is 5.57 Å². The van der Waals surface area contributed by atoms with Gasteiger partial charge in [0.05, 0.1) is 12.2 Å². The third kappa shape index (κ3) is 4.56. The number of ether oxygens (including phenoxy) is 1. The van der Waals surface area contributed by atoms with Gasteiger partial charge in [-0.25, -0.2) is 4.79 Å². The number of carbonyl (C=O) groups is 1. The summed E-state index contributed by atoms with van der Waals surface area (Å²) in [5, 5.41) is 11.8. The van der Waals surface area contributed by atoms with Gasteiger partial charge in [-0.3, -0.25) is 0 Å². The average Bonchev–Trinajstić information content (AvgIpc) is 2.70. The number of carboxylic acid groups (broad SMARTS) is 1. The molecule has 0 aliphatic rings. The maximum atomic E-state index is 11.9. The van der Waals surface area contributed by atoms with Crippen molar-refractivity contribution in [3.63, 3.8) is 0 Å². The fourth-order valence-corrected chi connectivity index (χ4v) is 3.12. The average molecular weight is 360 g/mol. The summed E-state index contributed by atoms with van der Waals surface area (Å²) >= 11 is 0. The van der Waals surface area contributed by atoms with E-state index in [1.807, 2.05) is 66.7 Å². The lowest BCUT2D eigenvalue weighted by Crippen LogP contribution is -2.02. The van der Waals surface area contributed by atoms with E-state index in [9.17, 15) is 9.90 Å². The van der Waals surface area contributed by atoms with Crippen LogP contribution in [0.25, 0.3) is 22.4 Å². The van der Waals surface area contributed by atoms with Crippen molar-refractivity contribution in [3.8, 4) is 5.75 Å². The lowest BCUT2D eigenvalue weighted by atomic mass is 9.98. The van der Waals surface area contributed by atoms with Gasteiger partial charge in [0.1, 0.15) is 5.75 Å². The molecule has 0 saturated carbocycles. The van der Waals surface area contributed by atoms with Crippen LogP contribution >= 0.6 is 0 Å². The van der Waals surface area contributed by atoms with E-state index in [2.05, 4.69) is 6.92 Å². The first kappa shape index (κ1) is 18.7. The van der Waals surface area contributed by atoms with Crippen molar-refractivity contribution in [2.24, 2.45) is 0 Å². The molecule has 0 radical (unpaired) electrons. The first-order valence-electron chi connectivity index (χ1n) is 9.35. The Morgan fingerprint density at radius 2 is 1.70 bits per heavy atom. The SMILES string of the molecule is CCCCCOc1ccc2ccccc2c1/C=C(/C(=O)O)c1ccccc1. The molecule has 3 rings (SSSR count). The fraction of sp³-hybridized carbons (Fsp3) is 0.208. The van der Waals surface area contributed by atoms with Gasteiger partial charge < -0.3 is 9.84 Å². The van der Waals surface area contributed by atoms with Crippen LogP contribution in [0.15, 0.2) is 66.7 Å². The van der Waals surface area contributed by atoms with Gasteiger partial charge in [0.25, 0.3) is 0 Å². The highest BCUT2D eigenvalue weighted by Gasteiger charge is 2.14. The highest BCUT2D eigenvalue weighted by atomic mass is 16.5. The molecule has 3 aromatic rings. The summed E-state index contributed by atoms with van der Waals surface area (Å²) in [6.45, 7) is 2.78. The Hall–Kier alpha value is -3.07. The maximum Gasteiger partial charge on any atom is 0.336 e. The molecule has 0 heterocycles. The molecule has 0 atom stereocenters. The van der Waals surface area contributed by atoms with E-state index >= 15 is 0 Å². The van der Waals surface area contributed by atoms with E-state index in [0.717, 1.165) is 41.3 Å². The van der Waals surface area contributed by atoms with Crippen LogP contribution in [0.5, 0.6) is 5.75 Å². The van der Waals surface area contributed by atoms with E-state index in [1.165, 1.54) is 0 Å². The molecule has 27 heavy (non-hydrogen) atoms. The predicted molar refractivity (Wildman–Crippen MR) is 111 cm³/mol. The number of benzene rings is 3. The highest BCUT2D eigenvalue weighted by Crippen LogP contribution is 2.32. The zero-order valence-corrected chi connectivity index (χ0v) is 15.5. The summed E-state index contributed by atoms with van der Waals surface area (Å²) in [4.78, 5) is 11.9. The minimum absolute atomic E-state index is 0.255. The second-order valence-corrected chi connectivity index (χ2v) is 6.48. The van der Waals surface area contributed by atoms with E-state index in [0.29, 0.717) is 12.2 Å². The van der Waals surface area contributed by atoms with Crippen LogP contribution in [0, 0.1) is 0 Å². The van der Waals surface area contributed by atoms with Gasteiger partial charge in [-0.1, -0.05) is 80.4 Å². The second-order valence-electron chi connectivity index (χ2n) is 6.48. The maximum absolute atomic E-state index is 11.9. The van der Waals surface area contributed by atoms with Crippen molar-refractivity contribution in [2.75, 3.05) is 6.61 Å². The van der Waals surface area contributed by atoms with Crippen molar-refractivity contribution >= 4 is 28.4 Å². The Morgan fingerprint density at radius 3 is 2.44 bits per heavy atom. The molecule has 0 aliphatic heterocycles. The van der Waals surface area contributed by atoms with Crippen LogP contribution < -0.4 is 4.74 Å². The molecule has 0 fully saturated rings. The Balaban J connectivity index is 2.10. The van der Waals surface area contributed by atoms with Crippen LogP contribution in [0.4, 0.5) is 0 Å². The molecule has 0 aliphatic carbocycles. The van der Waals surface area contributed by atoms with Crippen LogP contribution in [-0.4, -0.2) is 17.7 Å². The van der Waals surface area contributed by atoms with Crippen molar-refractivity contribution in [1.82, 2.24) is 0 Å². The van der Waals surface area contributed by atoms with Gasteiger partial charge in [-0.15, -0.1) is 0 Å². The molecule has 1 N–H and O–H groups in total. The largest absolute Gasteiger partial charge is 0.493 e. The number of rotatable bonds is 8. The number of hydrogen-bond donors (Lipinski definition) is 1. The smallest absolute Gasteiger partial charge is 0.336 e. The molecular weight excluding hydrogens is 336 g/mol. The van der Waals surface area contributed by atoms with E-state index < -0.39 is 5.97 Å². The normalized spacial score (nSPS) is 11.5. The minimum atomic E-state index is -0.953. The summed E-state index contributed by atoms with van der Waals surface area (Å²) in [6.07, 6.45) is 4.96. The Morgan fingerprint density at radius 1 is 0.963 bits per heavy atom. The molecule has 0 aromatic heterocycles. The fourth-order valence-electron chi connectivity index (χ4n) is 3.12. The second kappa shape index (κ2) is 9.04. The number of carboxylic acids is 1. The Labute approximate surface area is 159 Å². The van der Waals surface area contributed by atoms with Crippen LogP contribution in [0.2, 0.25) is 0 Å². The van der Waals surface area contributed by atoms with Crippen molar-refractivity contribution in [2.45, 2.75) is 26.2 Å². The van der Waals surface area contributed by atoms with Gasteiger partial charge >= 0.3 is 5.97 Å². The molecule has 0 amide bonds. The number of hydrogen-bond acceptors (Lipinski definition) is 2. The van der Waals surface area contributed by atoms with Gasteiger partial charge in [-0.2, -0.15) is 0 Å². The van der Waals surface area contributed by atoms with Crippen molar-refractivity contribution < 1.29 is 14.6 Å². The lowest BCUT2D eigenvalue weighted by molar-refractivity contribution is -0.130. The minimum Gasteiger partial charge on any atom is -0.493 e. The van der Waals surface area contributed by atoms with Gasteiger partial charge in [0, 0.05) is 5.56 Å². The molecule has 138 valence electrons. The summed E-state index contributed by atoms with van der Waals surface area (Å²) in [5.74, 6) is -0.231. The van der Waals surface area contributed by atoms with E-state index in [4.69, 9.17) is 4.74 Å². The third-order valence-electron chi connectivity index (χ3n) is 4.54. The number of aliphatic carboxylic acids is 1. The highest BCUT2D eigenvalue weighted by molar-refractivity contribution is 6.21. The van der Waals surface area contributed by atoms with Gasteiger partial charge in [0.2, 0.25) is 0 Å². The summed E-state index contributed by atoms with van der Waals surface area (Å²) in [6, 6.07) is 21.1. The van der Waals surface area contributed by atoms with E-state index in [1.54, 1.807) is 6.08 Å². The molecule has 0 unspecified atom stereocenters. The predicted octanol–water partition coefficient (Wildman–Crippen LogP) is 6.03.